The van der Waals surface area contributed by atoms with Gasteiger partial charge < -0.3 is 50.5 Å². The number of hydrogen-bond acceptors (Lipinski definition) is 4. The van der Waals surface area contributed by atoms with Crippen molar-refractivity contribution in [3.8, 4) is 0 Å². The van der Waals surface area contributed by atoms with Crippen molar-refractivity contribution in [2.45, 2.75) is 28.2 Å². The van der Waals surface area contributed by atoms with Gasteiger partial charge in [-0.25, -0.2) is 0 Å². The van der Waals surface area contributed by atoms with Gasteiger partial charge in [0.05, 0.1) is 0 Å². The Bertz CT molecular complexity index is 1030. The molecule has 0 aliphatic rings. The summed E-state index contributed by atoms with van der Waals surface area (Å²) in [6, 6.07) is 39.5. The van der Waals surface area contributed by atoms with E-state index in [0.29, 0.717) is 0 Å². The minimum Gasteiger partial charge on any atom is -0.781 e. The van der Waals surface area contributed by atoms with Crippen LogP contribution in [-0.4, -0.2) is 0 Å². The van der Waals surface area contributed by atoms with E-state index in [1.54, 1.807) is 0 Å². The molecule has 4 aromatic carbocycles. The van der Waals surface area contributed by atoms with Gasteiger partial charge in [-0.15, -0.1) is 0 Å². The van der Waals surface area contributed by atoms with Crippen molar-refractivity contribution in [1.29, 1.82) is 0 Å². The first-order chi connectivity index (χ1) is 17.3. The van der Waals surface area contributed by atoms with Gasteiger partial charge in [-0.1, -0.05) is 150 Å². The molecule has 0 atom stereocenters. The standard InChI is InChI=1S/2C14H12S2.C4H10.CH4.Ni/c2*15-13(11-7-3-1-4-8-11)14(16)12-9-5-2-6-10-12;1-4(2)3;;/h2*1-10,15-16H;4H,1-3H3;1H4;/p-4. The molecule has 0 bridgehead atoms. The maximum atomic E-state index is 5.38. The number of benzene rings is 4. The van der Waals surface area contributed by atoms with E-state index in [0.717, 1.165) is 47.8 Å². The Kier molecular flexibility index (Phi) is 18.6. The van der Waals surface area contributed by atoms with Crippen molar-refractivity contribution in [3.05, 3.63) is 144 Å². The molecule has 204 valence electrons. The average molecular weight is 618 g/mol. The predicted molar refractivity (Wildman–Crippen MR) is 176 cm³/mol. The van der Waals surface area contributed by atoms with Gasteiger partial charge >= 0.3 is 0 Å². The minimum absolute atomic E-state index is 0. The van der Waals surface area contributed by atoms with Crippen LogP contribution in [0.5, 0.6) is 0 Å². The third kappa shape index (κ3) is 12.5. The molecule has 38 heavy (non-hydrogen) atoms. The molecule has 0 amide bonds. The smallest absolute Gasteiger partial charge is 0 e. The van der Waals surface area contributed by atoms with E-state index in [9.17, 15) is 0 Å². The van der Waals surface area contributed by atoms with Gasteiger partial charge in [-0.05, 0) is 28.2 Å². The molecule has 0 N–H and O–H groups in total. The fraction of sp³-hybridized carbons (Fsp3) is 0.152. The molecule has 4 rings (SSSR count). The Morgan fingerprint density at radius 3 is 0.658 bits per heavy atom. The van der Waals surface area contributed by atoms with Crippen LogP contribution in [0.2, 0.25) is 0 Å². The summed E-state index contributed by atoms with van der Waals surface area (Å²) in [7, 11) is 0. The van der Waals surface area contributed by atoms with E-state index < -0.39 is 0 Å². The molecule has 0 aliphatic heterocycles. The minimum atomic E-state index is 0. The van der Waals surface area contributed by atoms with Gasteiger partial charge in [-0.2, -0.15) is 19.6 Å². The topological polar surface area (TPSA) is 0 Å². The van der Waals surface area contributed by atoms with Crippen molar-refractivity contribution in [1.82, 2.24) is 0 Å². The second kappa shape index (κ2) is 19.8. The van der Waals surface area contributed by atoms with Crippen LogP contribution in [0.25, 0.3) is 19.6 Å². The quantitative estimate of drug-likeness (QED) is 0.127. The van der Waals surface area contributed by atoms with Gasteiger partial charge in [0.15, 0.2) is 0 Å². The first-order valence-corrected chi connectivity index (χ1v) is 13.3. The second-order valence-electron chi connectivity index (χ2n) is 8.51. The van der Waals surface area contributed by atoms with E-state index in [1.807, 2.05) is 121 Å². The van der Waals surface area contributed by atoms with Crippen LogP contribution in [-0.2, 0) is 67.0 Å². The SMILES string of the molecule is C.CC(C)C.[Ni].[S-]C(=C([S-])c1ccccc1)c1ccccc1.[S-]C(=C([S-])c1ccccc1)c1ccccc1. The van der Waals surface area contributed by atoms with Crippen molar-refractivity contribution in [3.63, 3.8) is 0 Å². The fourth-order valence-corrected chi connectivity index (χ4v) is 3.90. The molecule has 0 unspecified atom stereocenters. The summed E-state index contributed by atoms with van der Waals surface area (Å²) in [4.78, 5) is 2.95. The van der Waals surface area contributed by atoms with Crippen molar-refractivity contribution in [2.75, 3.05) is 0 Å². The van der Waals surface area contributed by atoms with Crippen molar-refractivity contribution < 1.29 is 16.5 Å². The summed E-state index contributed by atoms with van der Waals surface area (Å²) >= 11 is 21.5. The fourth-order valence-electron chi connectivity index (χ4n) is 2.88. The largest absolute Gasteiger partial charge is 0.781 e. The third-order valence-corrected chi connectivity index (χ3v) is 6.57. The van der Waals surface area contributed by atoms with Gasteiger partial charge in [0, 0.05) is 16.5 Å². The monoisotopic (exact) mass is 616 g/mol. The number of hydrogen-bond donors (Lipinski definition) is 0. The molecule has 0 saturated heterocycles. The van der Waals surface area contributed by atoms with Crippen molar-refractivity contribution in [2.24, 2.45) is 5.92 Å². The Morgan fingerprint density at radius 2 is 0.526 bits per heavy atom. The van der Waals surface area contributed by atoms with Crippen LogP contribution in [0.4, 0.5) is 0 Å². The molecule has 0 nitrogen and oxygen atoms in total. The molecule has 0 radical (unpaired) electrons. The summed E-state index contributed by atoms with van der Waals surface area (Å²) in [5.41, 5.74) is 4.02. The van der Waals surface area contributed by atoms with Gasteiger partial charge in [-0.3, -0.25) is 0 Å². The molecule has 0 fully saturated rings. The summed E-state index contributed by atoms with van der Waals surface area (Å²) in [5.74, 6) is 0.833. The maximum absolute atomic E-state index is 5.38. The zero-order valence-electron chi connectivity index (χ0n) is 21.1. The van der Waals surface area contributed by atoms with Crippen LogP contribution >= 0.6 is 0 Å². The molecule has 0 spiro atoms. The normalized spacial score (nSPS) is 11.1. The summed E-state index contributed by atoms with van der Waals surface area (Å²) < 4.78 is 0. The molecular weight excluding hydrogens is 583 g/mol. The van der Waals surface area contributed by atoms with E-state index in [1.165, 1.54) is 0 Å². The first kappa shape index (κ1) is 35.7. The molecule has 0 aromatic heterocycles. The Hall–Kier alpha value is -2.27. The Labute approximate surface area is 262 Å². The first-order valence-electron chi connectivity index (χ1n) is 11.7. The summed E-state index contributed by atoms with van der Waals surface area (Å²) in [5, 5.41) is 0. The molecule has 5 heteroatoms. The van der Waals surface area contributed by atoms with Gasteiger partial charge in [0.25, 0.3) is 0 Å². The Morgan fingerprint density at radius 1 is 0.395 bits per heavy atom. The van der Waals surface area contributed by atoms with Crippen LogP contribution in [0.15, 0.2) is 121 Å². The average Bonchev–Trinajstić information content (AvgIpc) is 2.93. The van der Waals surface area contributed by atoms with E-state index in [-0.39, 0.29) is 23.9 Å². The van der Waals surface area contributed by atoms with Gasteiger partial charge in [0.2, 0.25) is 0 Å². The van der Waals surface area contributed by atoms with Crippen molar-refractivity contribution >= 4 is 70.1 Å². The maximum Gasteiger partial charge on any atom is 0 e. The molecule has 0 heterocycles. The zero-order chi connectivity index (χ0) is 26.3. The molecule has 4 aromatic rings. The van der Waals surface area contributed by atoms with Gasteiger partial charge in [0.1, 0.15) is 0 Å². The van der Waals surface area contributed by atoms with Crippen LogP contribution in [0.3, 0.4) is 0 Å². The van der Waals surface area contributed by atoms with E-state index in [2.05, 4.69) is 20.8 Å². The zero-order valence-corrected chi connectivity index (χ0v) is 25.3. The van der Waals surface area contributed by atoms with E-state index in [4.69, 9.17) is 50.5 Å². The Balaban J connectivity index is 0.000000604. The second-order valence-corrected chi connectivity index (χ2v) is 10.1. The van der Waals surface area contributed by atoms with Crippen LogP contribution < -0.4 is 0 Å². The van der Waals surface area contributed by atoms with Crippen LogP contribution in [0, 0.1) is 5.92 Å². The molecule has 0 aliphatic carbocycles. The summed E-state index contributed by atoms with van der Waals surface area (Å²) in [6.45, 7) is 6.50. The third-order valence-electron chi connectivity index (χ3n) is 4.56. The molecular formula is C33H34NiS4-4. The van der Waals surface area contributed by atoms with E-state index >= 15 is 0 Å². The summed E-state index contributed by atoms with van der Waals surface area (Å²) in [6.07, 6.45) is 0. The number of rotatable bonds is 4. The predicted octanol–water partition coefficient (Wildman–Crippen LogP) is 9.51. The van der Waals surface area contributed by atoms with Crippen LogP contribution in [0.1, 0.15) is 50.5 Å². The molecule has 0 saturated carbocycles.